The van der Waals surface area contributed by atoms with E-state index in [1.165, 1.54) is 6.92 Å². The van der Waals surface area contributed by atoms with Crippen molar-refractivity contribution in [3.63, 3.8) is 0 Å². The van der Waals surface area contributed by atoms with Crippen LogP contribution in [0.2, 0.25) is 0 Å². The number of methoxy groups -OCH3 is 1. The molecule has 2 rings (SSSR count). The summed E-state index contributed by atoms with van der Waals surface area (Å²) >= 11 is 0. The largest absolute Gasteiger partial charge is 0.451 e. The van der Waals surface area contributed by atoms with Crippen LogP contribution >= 0.6 is 0 Å². The fraction of sp³-hybridized carbons (Fsp3) is 0.800. The standard InChI is InChI=1S/C10H14O6/c1-5(11)10(12)16-7-4-15-8-6(13-2)3-14-9(7)8/h6-9H,3-4H2,1-2H3/t6?,7?,8-,9-/m0/s1. The molecular weight excluding hydrogens is 216 g/mol. The first kappa shape index (κ1) is 11.5. The minimum absolute atomic E-state index is 0.133. The number of carbonyl (C=O) groups is 2. The molecule has 2 saturated heterocycles. The fourth-order valence-electron chi connectivity index (χ4n) is 1.95. The van der Waals surface area contributed by atoms with Crippen LogP contribution in [0.15, 0.2) is 0 Å². The Balaban J connectivity index is 1.95. The van der Waals surface area contributed by atoms with Crippen molar-refractivity contribution >= 4 is 11.8 Å². The van der Waals surface area contributed by atoms with E-state index >= 15 is 0 Å². The molecule has 2 fully saturated rings. The predicted octanol–water partition coefficient (Wildman–Crippen LogP) is -0.700. The lowest BCUT2D eigenvalue weighted by Crippen LogP contribution is -2.35. The summed E-state index contributed by atoms with van der Waals surface area (Å²) in [4.78, 5) is 21.9. The van der Waals surface area contributed by atoms with Gasteiger partial charge in [0.2, 0.25) is 5.78 Å². The highest BCUT2D eigenvalue weighted by Gasteiger charge is 2.49. The first-order valence-corrected chi connectivity index (χ1v) is 5.11. The summed E-state index contributed by atoms with van der Waals surface area (Å²) in [6.45, 7) is 1.83. The van der Waals surface area contributed by atoms with Gasteiger partial charge in [-0.3, -0.25) is 4.79 Å². The molecule has 0 aromatic heterocycles. The van der Waals surface area contributed by atoms with Crippen LogP contribution < -0.4 is 0 Å². The van der Waals surface area contributed by atoms with Crippen LogP contribution in [0, 0.1) is 0 Å². The number of carbonyl (C=O) groups excluding carboxylic acids is 2. The van der Waals surface area contributed by atoms with E-state index < -0.39 is 17.9 Å². The molecule has 0 aromatic rings. The average Bonchev–Trinajstić information content (AvgIpc) is 2.80. The minimum Gasteiger partial charge on any atom is -0.451 e. The molecule has 2 aliphatic rings. The molecule has 4 atom stereocenters. The van der Waals surface area contributed by atoms with Crippen LogP contribution in [0.5, 0.6) is 0 Å². The first-order valence-electron chi connectivity index (χ1n) is 5.11. The minimum atomic E-state index is -0.848. The lowest BCUT2D eigenvalue weighted by Gasteiger charge is -2.15. The van der Waals surface area contributed by atoms with Gasteiger partial charge in [0.05, 0.1) is 13.2 Å². The van der Waals surface area contributed by atoms with Crippen LogP contribution in [0.1, 0.15) is 6.92 Å². The van der Waals surface area contributed by atoms with Gasteiger partial charge in [0.1, 0.15) is 18.3 Å². The molecule has 0 aromatic carbocycles. The summed E-state index contributed by atoms with van der Waals surface area (Å²) < 4.78 is 21.0. The highest BCUT2D eigenvalue weighted by Crippen LogP contribution is 2.30. The summed E-state index contributed by atoms with van der Waals surface area (Å²) in [7, 11) is 1.58. The maximum absolute atomic E-state index is 11.1. The van der Waals surface area contributed by atoms with Crippen LogP contribution in [0.3, 0.4) is 0 Å². The van der Waals surface area contributed by atoms with Crippen molar-refractivity contribution in [3.8, 4) is 0 Å². The highest BCUT2D eigenvalue weighted by molar-refractivity contribution is 6.32. The van der Waals surface area contributed by atoms with Crippen molar-refractivity contribution in [1.82, 2.24) is 0 Å². The van der Waals surface area contributed by atoms with Gasteiger partial charge in [-0.1, -0.05) is 0 Å². The van der Waals surface area contributed by atoms with Crippen molar-refractivity contribution in [2.75, 3.05) is 20.3 Å². The van der Waals surface area contributed by atoms with E-state index in [0.717, 1.165) is 0 Å². The quantitative estimate of drug-likeness (QED) is 0.471. The van der Waals surface area contributed by atoms with E-state index in [1.54, 1.807) is 7.11 Å². The number of esters is 1. The molecule has 6 heteroatoms. The molecule has 6 nitrogen and oxygen atoms in total. The number of fused-ring (bicyclic) bond motifs is 1. The molecule has 90 valence electrons. The topological polar surface area (TPSA) is 71.1 Å². The summed E-state index contributed by atoms with van der Waals surface area (Å²) in [5.74, 6) is -1.47. The van der Waals surface area contributed by atoms with Gasteiger partial charge in [0, 0.05) is 14.0 Å². The van der Waals surface area contributed by atoms with Gasteiger partial charge in [0.25, 0.3) is 0 Å². The molecular formula is C10H14O6. The van der Waals surface area contributed by atoms with Crippen molar-refractivity contribution in [3.05, 3.63) is 0 Å². The first-order chi connectivity index (χ1) is 7.63. The van der Waals surface area contributed by atoms with Crippen LogP contribution in [0.25, 0.3) is 0 Å². The normalized spacial score (nSPS) is 37.1. The molecule has 0 bridgehead atoms. The molecule has 0 amide bonds. The van der Waals surface area contributed by atoms with Crippen molar-refractivity contribution in [1.29, 1.82) is 0 Å². The third-order valence-electron chi connectivity index (χ3n) is 2.81. The zero-order valence-corrected chi connectivity index (χ0v) is 9.17. The maximum Gasteiger partial charge on any atom is 0.374 e. The van der Waals surface area contributed by atoms with E-state index in [-0.39, 0.29) is 24.9 Å². The van der Waals surface area contributed by atoms with Gasteiger partial charge in [-0.25, -0.2) is 4.79 Å². The Kier molecular flexibility index (Phi) is 3.22. The van der Waals surface area contributed by atoms with E-state index in [2.05, 4.69) is 0 Å². The summed E-state index contributed by atoms with van der Waals surface area (Å²) in [5.41, 5.74) is 0. The lowest BCUT2D eigenvalue weighted by molar-refractivity contribution is -0.160. The monoisotopic (exact) mass is 230 g/mol. The smallest absolute Gasteiger partial charge is 0.374 e. The zero-order chi connectivity index (χ0) is 11.7. The van der Waals surface area contributed by atoms with Gasteiger partial charge in [-0.05, 0) is 0 Å². The van der Waals surface area contributed by atoms with Gasteiger partial charge in [0.15, 0.2) is 6.10 Å². The molecule has 0 spiro atoms. The number of rotatable bonds is 3. The van der Waals surface area contributed by atoms with E-state index in [9.17, 15) is 9.59 Å². The Labute approximate surface area is 92.8 Å². The Bertz CT molecular complexity index is 302. The van der Waals surface area contributed by atoms with Gasteiger partial charge in [-0.15, -0.1) is 0 Å². The number of Topliss-reactive ketones (excluding diaryl/α,β-unsaturated/α-hetero) is 1. The van der Waals surface area contributed by atoms with Gasteiger partial charge >= 0.3 is 5.97 Å². The second-order valence-electron chi connectivity index (χ2n) is 3.87. The molecule has 0 aliphatic carbocycles. The molecule has 2 heterocycles. The molecule has 0 radical (unpaired) electrons. The van der Waals surface area contributed by atoms with Crippen LogP contribution in [-0.4, -0.2) is 56.5 Å². The number of ketones is 1. The zero-order valence-electron chi connectivity index (χ0n) is 9.17. The molecule has 16 heavy (non-hydrogen) atoms. The van der Waals surface area contributed by atoms with Gasteiger partial charge in [-0.2, -0.15) is 0 Å². The second kappa shape index (κ2) is 4.48. The number of hydrogen-bond donors (Lipinski definition) is 0. The number of ether oxygens (including phenoxy) is 4. The van der Waals surface area contributed by atoms with E-state index in [0.29, 0.717) is 6.61 Å². The number of hydrogen-bond acceptors (Lipinski definition) is 6. The highest BCUT2D eigenvalue weighted by atomic mass is 16.7. The van der Waals surface area contributed by atoms with Gasteiger partial charge < -0.3 is 18.9 Å². The van der Waals surface area contributed by atoms with E-state index in [1.807, 2.05) is 0 Å². The third-order valence-corrected chi connectivity index (χ3v) is 2.81. The predicted molar refractivity (Wildman–Crippen MR) is 50.8 cm³/mol. The molecule has 2 aliphatic heterocycles. The summed E-state index contributed by atoms with van der Waals surface area (Å²) in [6, 6.07) is 0. The lowest BCUT2D eigenvalue weighted by atomic mass is 10.1. The maximum atomic E-state index is 11.1. The molecule has 0 N–H and O–H groups in total. The molecule has 0 saturated carbocycles. The van der Waals surface area contributed by atoms with Crippen LogP contribution in [-0.2, 0) is 28.5 Å². The van der Waals surface area contributed by atoms with Crippen molar-refractivity contribution in [2.24, 2.45) is 0 Å². The Morgan fingerprint density at radius 1 is 1.12 bits per heavy atom. The summed E-state index contributed by atoms with van der Waals surface area (Å²) in [5, 5.41) is 0. The Morgan fingerprint density at radius 2 is 1.69 bits per heavy atom. The third kappa shape index (κ3) is 1.95. The SMILES string of the molecule is COC1CO[C@H]2C(OC(=O)C(C)=O)CO[C@@H]12. The average molecular weight is 230 g/mol. The summed E-state index contributed by atoms with van der Waals surface area (Å²) in [6.07, 6.45) is -1.18. The van der Waals surface area contributed by atoms with Crippen LogP contribution in [0.4, 0.5) is 0 Å². The second-order valence-corrected chi connectivity index (χ2v) is 3.87. The van der Waals surface area contributed by atoms with Crippen molar-refractivity contribution in [2.45, 2.75) is 31.3 Å². The van der Waals surface area contributed by atoms with E-state index in [4.69, 9.17) is 18.9 Å². The fourth-order valence-corrected chi connectivity index (χ4v) is 1.95. The Hall–Kier alpha value is -0.980. The molecule has 2 unspecified atom stereocenters. The Morgan fingerprint density at radius 3 is 2.25 bits per heavy atom. The van der Waals surface area contributed by atoms with Crippen molar-refractivity contribution < 1.29 is 28.5 Å².